The molecule has 0 radical (unpaired) electrons. The van der Waals surface area contributed by atoms with Crippen LogP contribution in [0.2, 0.25) is 0 Å². The van der Waals surface area contributed by atoms with Crippen LogP contribution in [0.25, 0.3) is 10.9 Å². The maximum atomic E-state index is 14.4. The van der Waals surface area contributed by atoms with E-state index < -0.39 is 17.2 Å². The van der Waals surface area contributed by atoms with E-state index in [9.17, 15) is 19.4 Å². The van der Waals surface area contributed by atoms with Gasteiger partial charge in [0, 0.05) is 24.3 Å². The van der Waals surface area contributed by atoms with Gasteiger partial charge in [-0.3, -0.25) is 9.48 Å². The highest BCUT2D eigenvalue weighted by atomic mass is 19.1. The fraction of sp³-hybridized carbons (Fsp3) is 0.519. The fourth-order valence-corrected chi connectivity index (χ4v) is 4.40. The molecular formula is C27H35FN4O4. The first kappa shape index (κ1) is 26.0. The molecule has 1 aliphatic carbocycles. The number of aliphatic hydroxyl groups excluding tert-OH is 1. The topological polar surface area (TPSA) is 110 Å². The number of pyridine rings is 1. The Morgan fingerprint density at radius 3 is 2.56 bits per heavy atom. The Kier molecular flexibility index (Phi) is 7.33. The molecule has 0 bridgehead atoms. The molecule has 4 rings (SSSR count). The molecule has 0 atom stereocenters. The van der Waals surface area contributed by atoms with Gasteiger partial charge in [0.1, 0.15) is 23.7 Å². The Morgan fingerprint density at radius 2 is 1.92 bits per heavy atom. The van der Waals surface area contributed by atoms with E-state index in [0.29, 0.717) is 22.9 Å². The van der Waals surface area contributed by atoms with Crippen molar-refractivity contribution in [3.8, 4) is 5.75 Å². The van der Waals surface area contributed by atoms with Crippen LogP contribution < -0.4 is 10.1 Å². The number of nitrogens with zero attached hydrogens (tertiary/aromatic N) is 3. The van der Waals surface area contributed by atoms with Gasteiger partial charge in [-0.2, -0.15) is 5.10 Å². The summed E-state index contributed by atoms with van der Waals surface area (Å²) in [5, 5.41) is 28.0. The normalized spacial score (nSPS) is 18.9. The first-order valence-corrected chi connectivity index (χ1v) is 12.4. The Labute approximate surface area is 210 Å². The van der Waals surface area contributed by atoms with Crippen molar-refractivity contribution in [2.75, 3.05) is 18.5 Å². The van der Waals surface area contributed by atoms with Crippen LogP contribution in [0.4, 0.5) is 10.1 Å². The molecule has 2 heterocycles. The van der Waals surface area contributed by atoms with Gasteiger partial charge in [0.2, 0.25) is 0 Å². The molecule has 1 fully saturated rings. The highest BCUT2D eigenvalue weighted by Crippen LogP contribution is 2.35. The van der Waals surface area contributed by atoms with Crippen molar-refractivity contribution >= 4 is 22.5 Å². The van der Waals surface area contributed by atoms with Crippen molar-refractivity contribution in [1.29, 1.82) is 0 Å². The molecule has 3 aromatic rings. The van der Waals surface area contributed by atoms with Crippen molar-refractivity contribution in [2.24, 2.45) is 5.92 Å². The number of halogens is 1. The number of hydrogen-bond acceptors (Lipinski definition) is 6. The number of carbonyl (C=O) groups is 1. The van der Waals surface area contributed by atoms with Gasteiger partial charge in [-0.05, 0) is 77.5 Å². The predicted octanol–water partition coefficient (Wildman–Crippen LogP) is 4.76. The van der Waals surface area contributed by atoms with Gasteiger partial charge >= 0.3 is 0 Å². The quantitative estimate of drug-likeness (QED) is 0.413. The van der Waals surface area contributed by atoms with Crippen LogP contribution in [0.5, 0.6) is 5.75 Å². The van der Waals surface area contributed by atoms with Crippen LogP contribution >= 0.6 is 0 Å². The number of anilines is 1. The number of ether oxygens (including phenoxy) is 1. The Balaban J connectivity index is 1.64. The van der Waals surface area contributed by atoms with E-state index in [1.165, 1.54) is 19.9 Å². The first-order valence-electron chi connectivity index (χ1n) is 12.4. The summed E-state index contributed by atoms with van der Waals surface area (Å²) in [7, 11) is 0. The van der Waals surface area contributed by atoms with Crippen LogP contribution in [-0.2, 0) is 5.67 Å². The van der Waals surface area contributed by atoms with E-state index in [4.69, 9.17) is 9.84 Å². The predicted molar refractivity (Wildman–Crippen MR) is 136 cm³/mol. The summed E-state index contributed by atoms with van der Waals surface area (Å²) in [6.07, 6.45) is 5.76. The second-order valence-corrected chi connectivity index (χ2v) is 10.8. The van der Waals surface area contributed by atoms with Gasteiger partial charge in [0.15, 0.2) is 0 Å². The number of aromatic nitrogens is 3. The second kappa shape index (κ2) is 10.1. The van der Waals surface area contributed by atoms with Gasteiger partial charge in [0.05, 0.1) is 28.5 Å². The maximum Gasteiger partial charge on any atom is 0.274 e. The van der Waals surface area contributed by atoms with Crippen LogP contribution in [0.1, 0.15) is 75.6 Å². The number of fused-ring (bicyclic) bond motifs is 1. The van der Waals surface area contributed by atoms with Gasteiger partial charge in [-0.25, -0.2) is 9.37 Å². The molecule has 1 aromatic carbocycles. The number of alkyl halides is 1. The van der Waals surface area contributed by atoms with E-state index in [1.54, 1.807) is 38.1 Å². The van der Waals surface area contributed by atoms with E-state index in [0.717, 1.165) is 31.1 Å². The van der Waals surface area contributed by atoms with Crippen molar-refractivity contribution in [1.82, 2.24) is 14.8 Å². The summed E-state index contributed by atoms with van der Waals surface area (Å²) in [4.78, 5) is 17.2. The number of rotatable bonds is 8. The number of nitrogens with one attached hydrogen (secondary N) is 1. The maximum absolute atomic E-state index is 14.4. The van der Waals surface area contributed by atoms with Crippen LogP contribution in [0.3, 0.4) is 0 Å². The van der Waals surface area contributed by atoms with Crippen molar-refractivity contribution in [3.05, 3.63) is 47.9 Å². The number of benzene rings is 1. The number of carbonyl (C=O) groups excluding carboxylic acids is 1. The SMILES string of the molecule is CC(C)(O)COc1cc2nn(C3CCC(CO)CC3)cc2cc1NC(=O)c1cccc(C(C)(C)F)n1. The van der Waals surface area contributed by atoms with Crippen LogP contribution in [0, 0.1) is 5.92 Å². The molecule has 1 amide bonds. The zero-order chi connectivity index (χ0) is 26.1. The van der Waals surface area contributed by atoms with Gasteiger partial charge in [-0.1, -0.05) is 6.07 Å². The molecule has 194 valence electrons. The molecule has 0 unspecified atom stereocenters. The summed E-state index contributed by atoms with van der Waals surface area (Å²) >= 11 is 0. The molecular weight excluding hydrogens is 463 g/mol. The van der Waals surface area contributed by atoms with Crippen molar-refractivity contribution in [3.63, 3.8) is 0 Å². The average molecular weight is 499 g/mol. The molecule has 0 aliphatic heterocycles. The highest BCUT2D eigenvalue weighted by Gasteiger charge is 2.25. The summed E-state index contributed by atoms with van der Waals surface area (Å²) in [6.45, 7) is 6.28. The highest BCUT2D eigenvalue weighted by molar-refractivity contribution is 6.05. The van der Waals surface area contributed by atoms with E-state index >= 15 is 0 Å². The van der Waals surface area contributed by atoms with Crippen LogP contribution in [-0.4, -0.2) is 49.7 Å². The van der Waals surface area contributed by atoms with E-state index in [2.05, 4.69) is 10.3 Å². The zero-order valence-corrected chi connectivity index (χ0v) is 21.3. The lowest BCUT2D eigenvalue weighted by Gasteiger charge is -2.27. The second-order valence-electron chi connectivity index (χ2n) is 10.8. The third-order valence-electron chi connectivity index (χ3n) is 6.49. The van der Waals surface area contributed by atoms with Crippen LogP contribution in [0.15, 0.2) is 36.5 Å². The van der Waals surface area contributed by atoms with E-state index in [1.807, 2.05) is 10.9 Å². The number of hydrogen-bond donors (Lipinski definition) is 3. The summed E-state index contributed by atoms with van der Waals surface area (Å²) in [5.74, 6) is 0.224. The molecule has 8 nitrogen and oxygen atoms in total. The first-order chi connectivity index (χ1) is 16.9. The zero-order valence-electron chi connectivity index (χ0n) is 21.3. The lowest BCUT2D eigenvalue weighted by atomic mass is 9.87. The molecule has 0 spiro atoms. The standard InChI is InChI=1S/C27H35FN4O4/c1-26(2,35)16-36-23-13-21-18(14-32(31-21)19-10-8-17(15-33)9-11-19)12-22(23)30-25(34)20-6-5-7-24(29-20)27(3,4)28/h5-7,12-14,17,19,33,35H,8-11,15-16H2,1-4H3,(H,30,34). The van der Waals surface area contributed by atoms with Gasteiger partial charge < -0.3 is 20.3 Å². The van der Waals surface area contributed by atoms with Crippen molar-refractivity contribution < 1.29 is 24.1 Å². The summed E-state index contributed by atoms with van der Waals surface area (Å²) in [6, 6.07) is 8.46. The monoisotopic (exact) mass is 498 g/mol. The van der Waals surface area contributed by atoms with Gasteiger partial charge in [0.25, 0.3) is 5.91 Å². The summed E-state index contributed by atoms with van der Waals surface area (Å²) in [5.41, 5.74) is -1.39. The minimum atomic E-state index is -1.68. The Morgan fingerprint density at radius 1 is 1.19 bits per heavy atom. The third-order valence-corrected chi connectivity index (χ3v) is 6.49. The molecule has 0 saturated heterocycles. The summed E-state index contributed by atoms with van der Waals surface area (Å²) < 4.78 is 22.2. The van der Waals surface area contributed by atoms with Crippen molar-refractivity contribution in [2.45, 2.75) is 70.7 Å². The fourth-order valence-electron chi connectivity index (χ4n) is 4.40. The number of amides is 1. The Hall–Kier alpha value is -3.04. The molecule has 1 saturated carbocycles. The minimum Gasteiger partial charge on any atom is -0.488 e. The molecule has 36 heavy (non-hydrogen) atoms. The average Bonchev–Trinajstić information content (AvgIpc) is 3.24. The number of aliphatic hydroxyl groups is 2. The molecule has 1 aliphatic rings. The third kappa shape index (κ3) is 6.20. The lowest BCUT2D eigenvalue weighted by Crippen LogP contribution is -2.28. The lowest BCUT2D eigenvalue weighted by molar-refractivity contribution is 0.0288. The van der Waals surface area contributed by atoms with E-state index in [-0.39, 0.29) is 30.6 Å². The van der Waals surface area contributed by atoms with Gasteiger partial charge in [-0.15, -0.1) is 0 Å². The minimum absolute atomic E-state index is 0.0109. The smallest absolute Gasteiger partial charge is 0.274 e. The Bertz CT molecular complexity index is 1220. The molecule has 9 heteroatoms. The molecule has 3 N–H and O–H groups in total. The molecule has 2 aromatic heterocycles. The largest absolute Gasteiger partial charge is 0.488 e.